The van der Waals surface area contributed by atoms with E-state index in [4.69, 9.17) is 16.3 Å². The van der Waals surface area contributed by atoms with E-state index in [0.29, 0.717) is 0 Å². The van der Waals surface area contributed by atoms with E-state index >= 15 is 0 Å². The second-order valence-corrected chi connectivity index (χ2v) is 3.16. The van der Waals surface area contributed by atoms with Gasteiger partial charge in [-0.1, -0.05) is 6.92 Å². The second kappa shape index (κ2) is 5.95. The van der Waals surface area contributed by atoms with Gasteiger partial charge in [0, 0.05) is 6.04 Å². The molecule has 14 heavy (non-hydrogen) atoms. The maximum atomic E-state index is 11.6. The molecule has 0 bridgehead atoms. The maximum Gasteiger partial charge on any atom is 0.228 e. The molecule has 0 saturated carbocycles. The van der Waals surface area contributed by atoms with Gasteiger partial charge in [0.1, 0.15) is 13.1 Å². The first-order chi connectivity index (χ1) is 6.54. The highest BCUT2D eigenvalue weighted by Gasteiger charge is 2.22. The van der Waals surface area contributed by atoms with Crippen LogP contribution in [0.15, 0.2) is 0 Å². The van der Waals surface area contributed by atoms with Crippen LogP contribution in [-0.4, -0.2) is 29.9 Å². The van der Waals surface area contributed by atoms with Crippen LogP contribution >= 0.6 is 0 Å². The first-order valence-corrected chi connectivity index (χ1v) is 4.32. The Hall–Kier alpha value is -1.59. The SMILES string of the molecule is CC(N)C(C)C(=O)N(CC#N)CC#N. The van der Waals surface area contributed by atoms with Crippen molar-refractivity contribution in [2.45, 2.75) is 19.9 Å². The summed E-state index contributed by atoms with van der Waals surface area (Å²) in [5.41, 5.74) is 5.55. The Kier molecular flexibility index (Phi) is 5.28. The van der Waals surface area contributed by atoms with Gasteiger partial charge < -0.3 is 10.6 Å². The number of rotatable bonds is 4. The molecule has 0 aromatic rings. The van der Waals surface area contributed by atoms with Gasteiger partial charge in [-0.3, -0.25) is 4.79 Å². The number of hydrogen-bond acceptors (Lipinski definition) is 4. The molecule has 0 aliphatic heterocycles. The molecule has 2 unspecified atom stereocenters. The lowest BCUT2D eigenvalue weighted by molar-refractivity contribution is -0.134. The van der Waals surface area contributed by atoms with Crippen molar-refractivity contribution in [1.29, 1.82) is 10.5 Å². The van der Waals surface area contributed by atoms with Crippen LogP contribution in [0.5, 0.6) is 0 Å². The third-order valence-electron chi connectivity index (χ3n) is 2.01. The number of nitriles is 2. The molecule has 0 rings (SSSR count). The van der Waals surface area contributed by atoms with E-state index in [1.165, 1.54) is 4.90 Å². The smallest absolute Gasteiger partial charge is 0.228 e. The van der Waals surface area contributed by atoms with E-state index in [1.54, 1.807) is 13.8 Å². The topological polar surface area (TPSA) is 93.9 Å². The van der Waals surface area contributed by atoms with Crippen molar-refractivity contribution in [2.75, 3.05) is 13.1 Å². The van der Waals surface area contributed by atoms with Gasteiger partial charge in [-0.15, -0.1) is 0 Å². The number of nitrogens with two attached hydrogens (primary N) is 1. The zero-order chi connectivity index (χ0) is 11.1. The third kappa shape index (κ3) is 3.42. The van der Waals surface area contributed by atoms with E-state index in [0.717, 1.165) is 0 Å². The molecule has 5 nitrogen and oxygen atoms in total. The fraction of sp³-hybridized carbons (Fsp3) is 0.667. The molecule has 0 aliphatic carbocycles. The fourth-order valence-corrected chi connectivity index (χ4v) is 0.895. The highest BCUT2D eigenvalue weighted by molar-refractivity contribution is 5.79. The summed E-state index contributed by atoms with van der Waals surface area (Å²) in [6, 6.07) is 3.41. The van der Waals surface area contributed by atoms with E-state index in [2.05, 4.69) is 0 Å². The lowest BCUT2D eigenvalue weighted by Crippen LogP contribution is -2.42. The third-order valence-corrected chi connectivity index (χ3v) is 2.01. The monoisotopic (exact) mass is 194 g/mol. The van der Waals surface area contributed by atoms with Crippen LogP contribution in [-0.2, 0) is 4.79 Å². The molecule has 0 radical (unpaired) electrons. The van der Waals surface area contributed by atoms with Crippen molar-refractivity contribution in [3.05, 3.63) is 0 Å². The highest BCUT2D eigenvalue weighted by atomic mass is 16.2. The largest absolute Gasteiger partial charge is 0.327 e. The molecule has 0 spiro atoms. The lowest BCUT2D eigenvalue weighted by atomic mass is 10.0. The Morgan fingerprint density at radius 3 is 2.07 bits per heavy atom. The Balaban J connectivity index is 4.45. The Morgan fingerprint density at radius 1 is 1.36 bits per heavy atom. The number of carbonyl (C=O) groups is 1. The number of amides is 1. The molecule has 2 N–H and O–H groups in total. The van der Waals surface area contributed by atoms with Crippen LogP contribution in [0, 0.1) is 28.6 Å². The summed E-state index contributed by atoms with van der Waals surface area (Å²) in [6.45, 7) is 3.28. The highest BCUT2D eigenvalue weighted by Crippen LogP contribution is 2.05. The van der Waals surface area contributed by atoms with E-state index in [-0.39, 0.29) is 31.0 Å². The van der Waals surface area contributed by atoms with Gasteiger partial charge in [0.2, 0.25) is 5.91 Å². The van der Waals surface area contributed by atoms with Crippen molar-refractivity contribution in [3.63, 3.8) is 0 Å². The van der Waals surface area contributed by atoms with Crippen molar-refractivity contribution in [3.8, 4) is 12.1 Å². The minimum Gasteiger partial charge on any atom is -0.327 e. The minimum atomic E-state index is -0.364. The van der Waals surface area contributed by atoms with Crippen LogP contribution in [0.25, 0.3) is 0 Å². The zero-order valence-corrected chi connectivity index (χ0v) is 8.40. The van der Waals surface area contributed by atoms with Crippen LogP contribution in [0.3, 0.4) is 0 Å². The summed E-state index contributed by atoms with van der Waals surface area (Å²) in [4.78, 5) is 12.8. The molecule has 76 valence electrons. The summed E-state index contributed by atoms with van der Waals surface area (Å²) >= 11 is 0. The lowest BCUT2D eigenvalue weighted by Gasteiger charge is -2.22. The molecule has 2 atom stereocenters. The van der Waals surface area contributed by atoms with Gasteiger partial charge in [0.05, 0.1) is 18.1 Å². The van der Waals surface area contributed by atoms with Gasteiger partial charge in [-0.2, -0.15) is 10.5 Å². The van der Waals surface area contributed by atoms with E-state index in [9.17, 15) is 4.79 Å². The van der Waals surface area contributed by atoms with Crippen LogP contribution in [0.1, 0.15) is 13.8 Å². The quantitative estimate of drug-likeness (QED) is 0.629. The zero-order valence-electron chi connectivity index (χ0n) is 8.40. The van der Waals surface area contributed by atoms with E-state index in [1.807, 2.05) is 12.1 Å². The first kappa shape index (κ1) is 12.4. The average molecular weight is 194 g/mol. The molecule has 0 fully saturated rings. The Bertz CT molecular complexity index is 258. The molecular formula is C9H14N4O. The Morgan fingerprint density at radius 2 is 1.79 bits per heavy atom. The molecule has 5 heteroatoms. The summed E-state index contributed by atoms with van der Waals surface area (Å²) in [5, 5.41) is 16.9. The fourth-order valence-electron chi connectivity index (χ4n) is 0.895. The van der Waals surface area contributed by atoms with Crippen LogP contribution < -0.4 is 5.73 Å². The van der Waals surface area contributed by atoms with Crippen molar-refractivity contribution >= 4 is 5.91 Å². The van der Waals surface area contributed by atoms with Gasteiger partial charge in [0.25, 0.3) is 0 Å². The molecule has 0 aliphatic rings. The standard InChI is InChI=1S/C9H14N4O/c1-7(8(2)12)9(14)13(5-3-10)6-4-11/h7-8H,5-6,12H2,1-2H3. The van der Waals surface area contributed by atoms with Gasteiger partial charge >= 0.3 is 0 Å². The summed E-state index contributed by atoms with van der Waals surface area (Å²) in [5.74, 6) is -0.611. The predicted molar refractivity (Wildman–Crippen MR) is 50.6 cm³/mol. The van der Waals surface area contributed by atoms with Crippen molar-refractivity contribution < 1.29 is 4.79 Å². The molecule has 0 saturated heterocycles. The maximum absolute atomic E-state index is 11.6. The first-order valence-electron chi connectivity index (χ1n) is 4.32. The molecule has 0 aromatic carbocycles. The van der Waals surface area contributed by atoms with Crippen LogP contribution in [0.2, 0.25) is 0 Å². The molecule has 1 amide bonds. The van der Waals surface area contributed by atoms with Crippen molar-refractivity contribution in [1.82, 2.24) is 4.90 Å². The number of carbonyl (C=O) groups excluding carboxylic acids is 1. The van der Waals surface area contributed by atoms with Crippen LogP contribution in [0.4, 0.5) is 0 Å². The molecule has 0 aromatic heterocycles. The van der Waals surface area contributed by atoms with Crippen molar-refractivity contribution in [2.24, 2.45) is 11.7 Å². The van der Waals surface area contributed by atoms with Gasteiger partial charge in [-0.25, -0.2) is 0 Å². The number of hydrogen-bond donors (Lipinski definition) is 1. The minimum absolute atomic E-state index is 0.0660. The predicted octanol–water partition coefficient (Wildman–Crippen LogP) is -0.155. The van der Waals surface area contributed by atoms with Gasteiger partial charge in [-0.05, 0) is 6.92 Å². The normalized spacial score (nSPS) is 13.5. The van der Waals surface area contributed by atoms with E-state index < -0.39 is 0 Å². The Labute approximate surface area is 83.7 Å². The summed E-state index contributed by atoms with van der Waals surface area (Å²) in [6.07, 6.45) is 0. The number of nitrogens with zero attached hydrogens (tertiary/aromatic N) is 3. The summed E-state index contributed by atoms with van der Waals surface area (Å²) in [7, 11) is 0. The molecular weight excluding hydrogens is 180 g/mol. The molecule has 0 heterocycles. The summed E-state index contributed by atoms with van der Waals surface area (Å²) < 4.78 is 0. The van der Waals surface area contributed by atoms with Gasteiger partial charge in [0.15, 0.2) is 0 Å². The average Bonchev–Trinajstić information content (AvgIpc) is 2.15. The second-order valence-electron chi connectivity index (χ2n) is 3.16.